The van der Waals surface area contributed by atoms with Gasteiger partial charge in [-0.2, -0.15) is 0 Å². The molecule has 158 valence electrons. The summed E-state index contributed by atoms with van der Waals surface area (Å²) in [6.45, 7) is 4.31. The Bertz CT molecular complexity index is 414. The molecule has 0 aromatic rings. The van der Waals surface area contributed by atoms with Crippen molar-refractivity contribution in [2.24, 2.45) is 0 Å². The van der Waals surface area contributed by atoms with Crippen molar-refractivity contribution in [1.29, 1.82) is 0 Å². The fourth-order valence-electron chi connectivity index (χ4n) is 3.45. The molecule has 0 spiro atoms. The zero-order valence-corrected chi connectivity index (χ0v) is 22.2. The van der Waals surface area contributed by atoms with E-state index >= 15 is 0 Å². The second-order valence-electron chi connectivity index (χ2n) is 7.85. The molecule has 0 saturated heterocycles. The normalized spacial score (nSPS) is 13.9. The van der Waals surface area contributed by atoms with Crippen LogP contribution in [0.4, 0.5) is 0 Å². The van der Waals surface area contributed by atoms with E-state index < -0.39 is 15.1 Å². The molecule has 1 N–H and O–H groups in total. The van der Waals surface area contributed by atoms with Gasteiger partial charge in [0.05, 0.1) is 0 Å². The summed E-state index contributed by atoms with van der Waals surface area (Å²) in [6.07, 6.45) is 17.9. The molecule has 0 aliphatic rings. The second-order valence-corrected chi connectivity index (χ2v) is 9.52. The summed E-state index contributed by atoms with van der Waals surface area (Å²) < 4.78 is 34.3. The Hall–Kier alpha value is 1.51. The Morgan fingerprint density at radius 3 is 1.19 bits per heavy atom. The van der Waals surface area contributed by atoms with Gasteiger partial charge in [-0.3, -0.25) is 0 Å². The van der Waals surface area contributed by atoms with Crippen LogP contribution in [0.25, 0.3) is 0 Å². The first-order valence-corrected chi connectivity index (χ1v) is 12.5. The van der Waals surface area contributed by atoms with E-state index in [0.717, 1.165) is 38.5 Å². The van der Waals surface area contributed by atoms with Gasteiger partial charge in [-0.05, 0) is 25.7 Å². The zero-order chi connectivity index (χ0) is 19.7. The maximum Gasteiger partial charge on any atom is 1.00 e. The van der Waals surface area contributed by atoms with Crippen molar-refractivity contribution in [1.82, 2.24) is 0 Å². The second kappa shape index (κ2) is 19.5. The van der Waals surface area contributed by atoms with Crippen molar-refractivity contribution in [3.8, 4) is 0 Å². The summed E-state index contributed by atoms with van der Waals surface area (Å²) in [5.41, 5.74) is 0. The Morgan fingerprint density at radius 2 is 0.889 bits per heavy atom. The molecule has 0 aliphatic carbocycles. The maximum atomic E-state index is 11.4. The molecule has 1 unspecified atom stereocenters. The summed E-state index contributed by atoms with van der Waals surface area (Å²) in [4.78, 5) is -2.06. The number of hydrogen-bond donors (Lipinski definition) is 1. The monoisotopic (exact) mass is 430 g/mol. The van der Waals surface area contributed by atoms with E-state index in [0.29, 0.717) is 12.8 Å². The molecule has 0 aliphatic heterocycles. The molecular weight excluding hydrogens is 387 g/mol. The molecule has 0 bridgehead atoms. The zero-order valence-electron chi connectivity index (χ0n) is 18.3. The van der Waals surface area contributed by atoms with Crippen molar-refractivity contribution >= 4 is 10.1 Å². The van der Waals surface area contributed by atoms with E-state index in [1.54, 1.807) is 0 Å². The predicted octanol–water partition coefficient (Wildman–Crippen LogP) is 3.29. The van der Waals surface area contributed by atoms with Gasteiger partial charge in [-0.15, -0.1) is 0 Å². The largest absolute Gasteiger partial charge is 1.00 e. The average molecular weight is 431 g/mol. The van der Waals surface area contributed by atoms with Gasteiger partial charge < -0.3 is 9.66 Å². The Balaban J connectivity index is 0. The number of hydrogen-bond acceptors (Lipinski definition) is 4. The first-order valence-electron chi connectivity index (χ1n) is 11.0. The summed E-state index contributed by atoms with van der Waals surface area (Å²) in [5, 5.41) is 10.3. The first-order chi connectivity index (χ1) is 12.4. The van der Waals surface area contributed by atoms with E-state index in [9.17, 15) is 18.1 Å². The Morgan fingerprint density at radius 1 is 0.630 bits per heavy atom. The molecule has 6 heteroatoms. The molecule has 4 nitrogen and oxygen atoms in total. The Kier molecular flexibility index (Phi) is 22.1. The van der Waals surface area contributed by atoms with Crippen molar-refractivity contribution < 1.29 is 69.5 Å². The van der Waals surface area contributed by atoms with Crippen LogP contribution in [0, 0.1) is 0 Å². The molecule has 27 heavy (non-hydrogen) atoms. The van der Waals surface area contributed by atoms with Gasteiger partial charge in [0.2, 0.25) is 0 Å². The van der Waals surface area contributed by atoms with Crippen LogP contribution in [0.1, 0.15) is 129 Å². The average Bonchev–Trinajstić information content (AvgIpc) is 2.59. The fraction of sp³-hybridized carbons (Fsp3) is 1.00. The van der Waals surface area contributed by atoms with Gasteiger partial charge in [0, 0.05) is 0 Å². The van der Waals surface area contributed by atoms with E-state index in [4.69, 9.17) is 0 Å². The minimum absolute atomic E-state index is 0. The molecule has 0 radical (unpaired) electrons. The molecule has 0 rings (SSSR count). The van der Waals surface area contributed by atoms with E-state index in [2.05, 4.69) is 13.8 Å². The Labute approximate surface area is 211 Å². The van der Waals surface area contributed by atoms with Gasteiger partial charge in [-0.1, -0.05) is 104 Å². The summed E-state index contributed by atoms with van der Waals surface area (Å²) in [7, 11) is -4.66. The standard InChI is InChI=1S/C21H44O4S.K/c1-3-5-7-9-10-11-12-13-14-15-16-18-20-21(22,26(23,24)25)19-17-8-6-4-2;/h22H,3-20H2,1-2H3,(H,23,24,25);/q;+1/p-1. The molecule has 0 aromatic carbocycles. The molecule has 0 aromatic heterocycles. The molecule has 0 saturated carbocycles. The molecular formula is C21H43KO4S. The minimum atomic E-state index is -4.66. The van der Waals surface area contributed by atoms with E-state index in [1.807, 2.05) is 0 Å². The van der Waals surface area contributed by atoms with Crippen LogP contribution in [0.3, 0.4) is 0 Å². The van der Waals surface area contributed by atoms with Crippen LogP contribution in [0.15, 0.2) is 0 Å². The van der Waals surface area contributed by atoms with E-state index in [-0.39, 0.29) is 64.2 Å². The number of aliphatic hydroxyl groups is 1. The predicted molar refractivity (Wildman–Crippen MR) is 109 cm³/mol. The van der Waals surface area contributed by atoms with Crippen LogP contribution in [-0.4, -0.2) is 23.0 Å². The SMILES string of the molecule is CCCCCCCCCCCCCCC(O)(CCCCCC)S(=O)(=O)[O-].[K+]. The quantitative estimate of drug-likeness (QED) is 0.194. The fourth-order valence-corrected chi connectivity index (χ4v) is 4.23. The van der Waals surface area contributed by atoms with Crippen molar-refractivity contribution in [3.05, 3.63) is 0 Å². The van der Waals surface area contributed by atoms with Crippen molar-refractivity contribution in [2.75, 3.05) is 0 Å². The molecule has 0 amide bonds. The van der Waals surface area contributed by atoms with Gasteiger partial charge in [0.1, 0.15) is 10.1 Å². The van der Waals surface area contributed by atoms with Crippen molar-refractivity contribution in [3.63, 3.8) is 0 Å². The van der Waals surface area contributed by atoms with E-state index in [1.165, 1.54) is 51.4 Å². The smallest absolute Gasteiger partial charge is 0.746 e. The molecule has 0 fully saturated rings. The third-order valence-corrected chi connectivity index (χ3v) is 6.65. The van der Waals surface area contributed by atoms with Crippen molar-refractivity contribution in [2.45, 2.75) is 134 Å². The third kappa shape index (κ3) is 16.9. The van der Waals surface area contributed by atoms with Gasteiger partial charge in [0.25, 0.3) is 0 Å². The minimum Gasteiger partial charge on any atom is -0.746 e. The van der Waals surface area contributed by atoms with Gasteiger partial charge in [-0.25, -0.2) is 8.42 Å². The maximum absolute atomic E-state index is 11.4. The van der Waals surface area contributed by atoms with Crippen LogP contribution in [-0.2, 0) is 10.1 Å². The van der Waals surface area contributed by atoms with Crippen LogP contribution >= 0.6 is 0 Å². The van der Waals surface area contributed by atoms with Crippen LogP contribution in [0.5, 0.6) is 0 Å². The topological polar surface area (TPSA) is 77.4 Å². The summed E-state index contributed by atoms with van der Waals surface area (Å²) >= 11 is 0. The molecule has 1 atom stereocenters. The van der Waals surface area contributed by atoms with Crippen LogP contribution in [0.2, 0.25) is 0 Å². The third-order valence-electron chi connectivity index (χ3n) is 5.31. The van der Waals surface area contributed by atoms with Crippen LogP contribution < -0.4 is 51.4 Å². The van der Waals surface area contributed by atoms with Gasteiger partial charge >= 0.3 is 51.4 Å². The number of unbranched alkanes of at least 4 members (excludes halogenated alkanes) is 14. The summed E-state index contributed by atoms with van der Waals surface area (Å²) in [6, 6.07) is 0. The first kappa shape index (κ1) is 30.7. The summed E-state index contributed by atoms with van der Waals surface area (Å²) in [5.74, 6) is 0. The van der Waals surface area contributed by atoms with Gasteiger partial charge in [0.15, 0.2) is 4.93 Å². The molecule has 0 heterocycles. The number of rotatable bonds is 19.